The summed E-state index contributed by atoms with van der Waals surface area (Å²) in [7, 11) is 0. The first-order valence-electron chi connectivity index (χ1n) is 7.09. The second kappa shape index (κ2) is 5.55. The first-order chi connectivity index (χ1) is 8.69. The SMILES string of the molecule is CCCCC(CC)C1C(=O)Nc2c(C)cccc21. The minimum absolute atomic E-state index is 0.0662. The van der Waals surface area contributed by atoms with Gasteiger partial charge in [0.25, 0.3) is 0 Å². The largest absolute Gasteiger partial charge is 0.325 e. The standard InChI is InChI=1S/C16H23NO/c1-4-6-9-12(5-2)14-13-10-7-8-11(3)15(13)17-16(14)18/h7-8,10,12,14H,4-6,9H2,1-3H3,(H,17,18). The van der Waals surface area contributed by atoms with Crippen LogP contribution in [-0.4, -0.2) is 5.91 Å². The van der Waals surface area contributed by atoms with Gasteiger partial charge in [0.1, 0.15) is 0 Å². The number of para-hydroxylation sites is 1. The van der Waals surface area contributed by atoms with E-state index in [1.807, 2.05) is 0 Å². The maximum atomic E-state index is 12.2. The average molecular weight is 245 g/mol. The molecule has 2 heteroatoms. The Bertz CT molecular complexity index is 439. The molecule has 0 saturated heterocycles. The smallest absolute Gasteiger partial charge is 0.232 e. The van der Waals surface area contributed by atoms with Crippen LogP contribution in [0.3, 0.4) is 0 Å². The van der Waals surface area contributed by atoms with Crippen molar-refractivity contribution < 1.29 is 4.79 Å². The van der Waals surface area contributed by atoms with Crippen LogP contribution in [0.15, 0.2) is 18.2 Å². The summed E-state index contributed by atoms with van der Waals surface area (Å²) in [5, 5.41) is 3.07. The Morgan fingerprint density at radius 1 is 1.33 bits per heavy atom. The van der Waals surface area contributed by atoms with E-state index in [1.165, 1.54) is 24.0 Å². The quantitative estimate of drug-likeness (QED) is 0.825. The van der Waals surface area contributed by atoms with Crippen molar-refractivity contribution in [3.63, 3.8) is 0 Å². The van der Waals surface area contributed by atoms with Crippen LogP contribution in [0.2, 0.25) is 0 Å². The summed E-state index contributed by atoms with van der Waals surface area (Å²) in [5.74, 6) is 0.742. The van der Waals surface area contributed by atoms with Gasteiger partial charge in [-0.3, -0.25) is 4.79 Å². The normalized spacial score (nSPS) is 19.5. The molecule has 1 aromatic rings. The predicted octanol–water partition coefficient (Wildman–Crippen LogP) is 4.25. The minimum Gasteiger partial charge on any atom is -0.325 e. The summed E-state index contributed by atoms with van der Waals surface area (Å²) in [5.41, 5.74) is 3.44. The summed E-state index contributed by atoms with van der Waals surface area (Å²) in [4.78, 5) is 12.2. The Labute approximate surface area is 110 Å². The Kier molecular flexibility index (Phi) is 4.05. The zero-order valence-electron chi connectivity index (χ0n) is 11.6. The predicted molar refractivity (Wildman–Crippen MR) is 75.9 cm³/mol. The fourth-order valence-corrected chi connectivity index (χ4v) is 3.00. The zero-order chi connectivity index (χ0) is 13.1. The highest BCUT2D eigenvalue weighted by Gasteiger charge is 2.36. The molecule has 2 unspecified atom stereocenters. The highest BCUT2D eigenvalue weighted by molar-refractivity contribution is 6.03. The van der Waals surface area contributed by atoms with Crippen LogP contribution in [0, 0.1) is 12.8 Å². The van der Waals surface area contributed by atoms with Crippen molar-refractivity contribution in [2.75, 3.05) is 5.32 Å². The zero-order valence-corrected chi connectivity index (χ0v) is 11.6. The van der Waals surface area contributed by atoms with Crippen molar-refractivity contribution in [3.8, 4) is 0 Å². The Morgan fingerprint density at radius 2 is 2.11 bits per heavy atom. The van der Waals surface area contributed by atoms with Gasteiger partial charge in [0.05, 0.1) is 5.92 Å². The Morgan fingerprint density at radius 3 is 2.78 bits per heavy atom. The third-order valence-corrected chi connectivity index (χ3v) is 4.10. The number of hydrogen-bond donors (Lipinski definition) is 1. The minimum atomic E-state index is 0.0662. The summed E-state index contributed by atoms with van der Waals surface area (Å²) in [6, 6.07) is 6.24. The molecule has 2 rings (SSSR count). The van der Waals surface area contributed by atoms with Crippen LogP contribution in [0.1, 0.15) is 56.6 Å². The van der Waals surface area contributed by atoms with Gasteiger partial charge in [0.15, 0.2) is 0 Å². The van der Waals surface area contributed by atoms with E-state index in [0.29, 0.717) is 5.92 Å². The van der Waals surface area contributed by atoms with Crippen molar-refractivity contribution in [1.29, 1.82) is 0 Å². The number of fused-ring (bicyclic) bond motifs is 1. The van der Waals surface area contributed by atoms with E-state index in [1.54, 1.807) is 0 Å². The van der Waals surface area contributed by atoms with E-state index in [2.05, 4.69) is 44.3 Å². The number of rotatable bonds is 5. The van der Waals surface area contributed by atoms with Gasteiger partial charge in [-0.2, -0.15) is 0 Å². The van der Waals surface area contributed by atoms with Crippen molar-refractivity contribution in [2.24, 2.45) is 5.92 Å². The van der Waals surface area contributed by atoms with Gasteiger partial charge in [0, 0.05) is 5.69 Å². The lowest BCUT2D eigenvalue weighted by atomic mass is 9.82. The van der Waals surface area contributed by atoms with Crippen molar-refractivity contribution >= 4 is 11.6 Å². The maximum Gasteiger partial charge on any atom is 0.232 e. The third kappa shape index (κ3) is 2.29. The highest BCUT2D eigenvalue weighted by Crippen LogP contribution is 2.41. The molecule has 0 spiro atoms. The lowest BCUT2D eigenvalue weighted by molar-refractivity contribution is -0.118. The van der Waals surface area contributed by atoms with Crippen LogP contribution >= 0.6 is 0 Å². The number of anilines is 1. The van der Waals surface area contributed by atoms with Gasteiger partial charge in [-0.15, -0.1) is 0 Å². The van der Waals surface area contributed by atoms with Gasteiger partial charge in [0.2, 0.25) is 5.91 Å². The molecule has 98 valence electrons. The number of hydrogen-bond acceptors (Lipinski definition) is 1. The molecular weight excluding hydrogens is 222 g/mol. The average Bonchev–Trinajstić information content (AvgIpc) is 2.69. The molecule has 2 nitrogen and oxygen atoms in total. The first kappa shape index (κ1) is 13.1. The fraction of sp³-hybridized carbons (Fsp3) is 0.562. The van der Waals surface area contributed by atoms with Crippen LogP contribution < -0.4 is 5.32 Å². The number of amides is 1. The van der Waals surface area contributed by atoms with E-state index in [-0.39, 0.29) is 11.8 Å². The lowest BCUT2D eigenvalue weighted by Crippen LogP contribution is -2.20. The van der Waals surface area contributed by atoms with Crippen molar-refractivity contribution in [3.05, 3.63) is 29.3 Å². The molecule has 1 aliphatic heterocycles. The van der Waals surface area contributed by atoms with Crippen LogP contribution in [0.25, 0.3) is 0 Å². The molecule has 2 atom stereocenters. The number of benzene rings is 1. The molecular formula is C16H23NO. The molecule has 1 aromatic carbocycles. The molecule has 1 amide bonds. The number of carbonyl (C=O) groups is 1. The molecule has 0 bridgehead atoms. The molecule has 1 N–H and O–H groups in total. The van der Waals surface area contributed by atoms with Gasteiger partial charge < -0.3 is 5.32 Å². The molecule has 0 fully saturated rings. The van der Waals surface area contributed by atoms with Crippen LogP contribution in [0.5, 0.6) is 0 Å². The van der Waals surface area contributed by atoms with Crippen molar-refractivity contribution in [1.82, 2.24) is 0 Å². The van der Waals surface area contributed by atoms with E-state index in [0.717, 1.165) is 18.5 Å². The molecule has 0 aromatic heterocycles. The molecule has 0 radical (unpaired) electrons. The molecule has 1 heterocycles. The van der Waals surface area contributed by atoms with Gasteiger partial charge in [-0.25, -0.2) is 0 Å². The second-order valence-electron chi connectivity index (χ2n) is 5.32. The Balaban J connectivity index is 2.29. The lowest BCUT2D eigenvalue weighted by Gasteiger charge is -2.20. The molecule has 0 saturated carbocycles. The van der Waals surface area contributed by atoms with Crippen LogP contribution in [-0.2, 0) is 4.79 Å². The maximum absolute atomic E-state index is 12.2. The van der Waals surface area contributed by atoms with Gasteiger partial charge in [-0.1, -0.05) is 51.3 Å². The number of carbonyl (C=O) groups excluding carboxylic acids is 1. The summed E-state index contributed by atoms with van der Waals surface area (Å²) in [6.45, 7) is 6.47. The third-order valence-electron chi connectivity index (χ3n) is 4.10. The summed E-state index contributed by atoms with van der Waals surface area (Å²) >= 11 is 0. The monoisotopic (exact) mass is 245 g/mol. The van der Waals surface area contributed by atoms with E-state index in [9.17, 15) is 4.79 Å². The summed E-state index contributed by atoms with van der Waals surface area (Å²) in [6.07, 6.45) is 4.64. The van der Waals surface area contributed by atoms with E-state index < -0.39 is 0 Å². The highest BCUT2D eigenvalue weighted by atomic mass is 16.2. The van der Waals surface area contributed by atoms with E-state index in [4.69, 9.17) is 0 Å². The summed E-state index contributed by atoms with van der Waals surface area (Å²) < 4.78 is 0. The number of nitrogens with one attached hydrogen (secondary N) is 1. The molecule has 1 aliphatic rings. The fourth-order valence-electron chi connectivity index (χ4n) is 3.00. The molecule has 0 aliphatic carbocycles. The number of aryl methyl sites for hydroxylation is 1. The van der Waals surface area contributed by atoms with Crippen LogP contribution in [0.4, 0.5) is 5.69 Å². The molecule has 18 heavy (non-hydrogen) atoms. The second-order valence-corrected chi connectivity index (χ2v) is 5.32. The number of unbranched alkanes of at least 4 members (excludes halogenated alkanes) is 1. The van der Waals surface area contributed by atoms with E-state index >= 15 is 0 Å². The Hall–Kier alpha value is -1.31. The first-order valence-corrected chi connectivity index (χ1v) is 7.09. The van der Waals surface area contributed by atoms with Gasteiger partial charge >= 0.3 is 0 Å². The van der Waals surface area contributed by atoms with Crippen molar-refractivity contribution in [2.45, 2.75) is 52.4 Å². The topological polar surface area (TPSA) is 29.1 Å². The van der Waals surface area contributed by atoms with Gasteiger partial charge in [-0.05, 0) is 30.4 Å².